The maximum Gasteiger partial charge on any atom is 0.309 e. The predicted octanol–water partition coefficient (Wildman–Crippen LogP) is 6.21. The van der Waals surface area contributed by atoms with Gasteiger partial charge < -0.3 is 9.47 Å². The van der Waals surface area contributed by atoms with Crippen LogP contribution >= 0.6 is 0 Å². The van der Waals surface area contributed by atoms with Crippen LogP contribution in [0.25, 0.3) is 0 Å². The van der Waals surface area contributed by atoms with Crippen molar-refractivity contribution in [2.45, 2.75) is 110 Å². The Morgan fingerprint density at radius 1 is 0.630 bits per heavy atom. The van der Waals surface area contributed by atoms with Crippen molar-refractivity contribution in [1.82, 2.24) is 0 Å². The fraction of sp³-hybridized carbons (Fsp3) is 0.913. The van der Waals surface area contributed by atoms with E-state index in [4.69, 9.17) is 9.47 Å². The summed E-state index contributed by atoms with van der Waals surface area (Å²) in [4.78, 5) is 24.9. The van der Waals surface area contributed by atoms with E-state index in [1.807, 2.05) is 0 Å². The summed E-state index contributed by atoms with van der Waals surface area (Å²) in [6, 6.07) is 0. The summed E-state index contributed by atoms with van der Waals surface area (Å²) in [6.07, 6.45) is 16.3. The van der Waals surface area contributed by atoms with E-state index in [1.165, 1.54) is 44.9 Å². The number of carbonyl (C=O) groups excluding carboxylic acids is 2. The largest absolute Gasteiger partial charge is 0.465 e. The van der Waals surface area contributed by atoms with Gasteiger partial charge in [-0.2, -0.15) is 0 Å². The fourth-order valence-electron chi connectivity index (χ4n) is 3.84. The summed E-state index contributed by atoms with van der Waals surface area (Å²) in [5.74, 6) is -0.976. The third-order valence-corrected chi connectivity index (χ3v) is 5.61. The standard InChI is InChI=1S/C23H42O4/c1-3-5-7-9-10-11-15-19-27-23(25)21-17-13-12-16-20(21)22(24)26-18-14-8-6-4-2/h20-21H,3-19H2,1-2H3. The molecule has 1 aliphatic carbocycles. The highest BCUT2D eigenvalue weighted by Gasteiger charge is 2.37. The van der Waals surface area contributed by atoms with Crippen LogP contribution in [0.5, 0.6) is 0 Å². The molecule has 27 heavy (non-hydrogen) atoms. The minimum atomic E-state index is -0.300. The van der Waals surface area contributed by atoms with Gasteiger partial charge in [-0.25, -0.2) is 0 Å². The summed E-state index contributed by atoms with van der Waals surface area (Å²) < 4.78 is 11.0. The third kappa shape index (κ3) is 10.8. The molecule has 0 aromatic heterocycles. The van der Waals surface area contributed by atoms with E-state index in [1.54, 1.807) is 0 Å². The topological polar surface area (TPSA) is 52.6 Å². The highest BCUT2D eigenvalue weighted by molar-refractivity contribution is 5.82. The van der Waals surface area contributed by atoms with Crippen molar-refractivity contribution in [2.24, 2.45) is 11.8 Å². The zero-order valence-corrected chi connectivity index (χ0v) is 17.8. The fourth-order valence-corrected chi connectivity index (χ4v) is 3.84. The summed E-state index contributed by atoms with van der Waals surface area (Å²) in [6.45, 7) is 5.36. The summed E-state index contributed by atoms with van der Waals surface area (Å²) in [5, 5.41) is 0. The van der Waals surface area contributed by atoms with E-state index < -0.39 is 0 Å². The molecule has 0 aliphatic heterocycles. The maximum atomic E-state index is 12.5. The van der Waals surface area contributed by atoms with E-state index in [-0.39, 0.29) is 23.8 Å². The molecule has 1 saturated carbocycles. The molecule has 158 valence electrons. The van der Waals surface area contributed by atoms with Crippen LogP contribution in [0, 0.1) is 11.8 Å². The van der Waals surface area contributed by atoms with Crippen LogP contribution in [0.1, 0.15) is 110 Å². The number of unbranched alkanes of at least 4 members (excludes halogenated alkanes) is 9. The van der Waals surface area contributed by atoms with E-state index in [2.05, 4.69) is 13.8 Å². The molecule has 0 aromatic carbocycles. The van der Waals surface area contributed by atoms with Gasteiger partial charge in [-0.3, -0.25) is 9.59 Å². The van der Waals surface area contributed by atoms with Gasteiger partial charge in [-0.15, -0.1) is 0 Å². The van der Waals surface area contributed by atoms with Crippen molar-refractivity contribution in [1.29, 1.82) is 0 Å². The second kappa shape index (κ2) is 15.9. The van der Waals surface area contributed by atoms with Gasteiger partial charge in [0, 0.05) is 0 Å². The molecule has 0 heterocycles. The van der Waals surface area contributed by atoms with E-state index >= 15 is 0 Å². The molecule has 0 amide bonds. The lowest BCUT2D eigenvalue weighted by Crippen LogP contribution is -2.35. The van der Waals surface area contributed by atoms with Gasteiger partial charge in [-0.05, 0) is 25.7 Å². The van der Waals surface area contributed by atoms with Crippen LogP contribution < -0.4 is 0 Å². The Kier molecular flexibility index (Phi) is 14.2. The highest BCUT2D eigenvalue weighted by Crippen LogP contribution is 2.32. The van der Waals surface area contributed by atoms with Crippen LogP contribution in [0.15, 0.2) is 0 Å². The Morgan fingerprint density at radius 3 is 1.44 bits per heavy atom. The average Bonchev–Trinajstić information content (AvgIpc) is 2.69. The Labute approximate surface area is 166 Å². The Morgan fingerprint density at radius 2 is 1.00 bits per heavy atom. The third-order valence-electron chi connectivity index (χ3n) is 5.61. The monoisotopic (exact) mass is 382 g/mol. The molecular weight excluding hydrogens is 340 g/mol. The van der Waals surface area contributed by atoms with E-state index in [9.17, 15) is 9.59 Å². The van der Waals surface area contributed by atoms with Crippen LogP contribution in [0.3, 0.4) is 0 Å². The molecular formula is C23H42O4. The van der Waals surface area contributed by atoms with Crippen molar-refractivity contribution in [3.63, 3.8) is 0 Å². The number of rotatable bonds is 15. The van der Waals surface area contributed by atoms with Crippen LogP contribution in [-0.4, -0.2) is 25.2 Å². The molecule has 4 heteroatoms. The number of ether oxygens (including phenoxy) is 2. The molecule has 1 rings (SSSR count). The molecule has 1 aliphatic rings. The van der Waals surface area contributed by atoms with Crippen LogP contribution in [0.4, 0.5) is 0 Å². The normalized spacial score (nSPS) is 19.6. The SMILES string of the molecule is CCCCCCCCCOC(=O)C1CCCCC1C(=O)OCCCCCC. The second-order valence-corrected chi connectivity index (χ2v) is 8.01. The molecule has 2 atom stereocenters. The lowest BCUT2D eigenvalue weighted by molar-refractivity contribution is -0.163. The van der Waals surface area contributed by atoms with Gasteiger partial charge >= 0.3 is 11.9 Å². The molecule has 1 fully saturated rings. The Bertz CT molecular complexity index is 394. The van der Waals surface area contributed by atoms with Gasteiger partial charge in [0.25, 0.3) is 0 Å². The molecule has 0 spiro atoms. The molecule has 0 aromatic rings. The van der Waals surface area contributed by atoms with Gasteiger partial charge in [0.05, 0.1) is 25.0 Å². The molecule has 2 unspecified atom stereocenters. The van der Waals surface area contributed by atoms with Crippen molar-refractivity contribution >= 4 is 11.9 Å². The minimum Gasteiger partial charge on any atom is -0.465 e. The zero-order chi connectivity index (χ0) is 19.7. The first-order valence-corrected chi connectivity index (χ1v) is 11.5. The quantitative estimate of drug-likeness (QED) is 0.249. The molecule has 0 N–H and O–H groups in total. The first kappa shape index (κ1) is 24.0. The highest BCUT2D eigenvalue weighted by atomic mass is 16.5. The first-order valence-electron chi connectivity index (χ1n) is 11.5. The average molecular weight is 383 g/mol. The Hall–Kier alpha value is -1.06. The summed E-state index contributed by atoms with van der Waals surface area (Å²) >= 11 is 0. The Balaban J connectivity index is 2.24. The molecule has 0 saturated heterocycles. The lowest BCUT2D eigenvalue weighted by atomic mass is 9.79. The second-order valence-electron chi connectivity index (χ2n) is 8.01. The van der Waals surface area contributed by atoms with Crippen molar-refractivity contribution in [2.75, 3.05) is 13.2 Å². The van der Waals surface area contributed by atoms with Gasteiger partial charge in [-0.1, -0.05) is 84.5 Å². The van der Waals surface area contributed by atoms with Crippen LogP contribution in [-0.2, 0) is 19.1 Å². The minimum absolute atomic E-state index is 0.186. The van der Waals surface area contributed by atoms with Gasteiger partial charge in [0.15, 0.2) is 0 Å². The van der Waals surface area contributed by atoms with Crippen molar-refractivity contribution in [3.8, 4) is 0 Å². The maximum absolute atomic E-state index is 12.5. The van der Waals surface area contributed by atoms with Gasteiger partial charge in [0.2, 0.25) is 0 Å². The van der Waals surface area contributed by atoms with Gasteiger partial charge in [0.1, 0.15) is 0 Å². The smallest absolute Gasteiger partial charge is 0.309 e. The van der Waals surface area contributed by atoms with Crippen molar-refractivity contribution < 1.29 is 19.1 Å². The lowest BCUT2D eigenvalue weighted by Gasteiger charge is -2.28. The predicted molar refractivity (Wildman–Crippen MR) is 110 cm³/mol. The number of carbonyl (C=O) groups is 2. The molecule has 4 nitrogen and oxygen atoms in total. The number of esters is 2. The number of hydrogen-bond donors (Lipinski definition) is 0. The van der Waals surface area contributed by atoms with Crippen LogP contribution in [0.2, 0.25) is 0 Å². The first-order chi connectivity index (χ1) is 13.2. The summed E-state index contributed by atoms with van der Waals surface area (Å²) in [5.41, 5.74) is 0. The molecule has 0 bridgehead atoms. The van der Waals surface area contributed by atoms with E-state index in [0.29, 0.717) is 13.2 Å². The van der Waals surface area contributed by atoms with E-state index in [0.717, 1.165) is 51.4 Å². The summed E-state index contributed by atoms with van der Waals surface area (Å²) in [7, 11) is 0. The molecule has 0 radical (unpaired) electrons. The zero-order valence-electron chi connectivity index (χ0n) is 17.8. The number of hydrogen-bond acceptors (Lipinski definition) is 4. The van der Waals surface area contributed by atoms with Crippen molar-refractivity contribution in [3.05, 3.63) is 0 Å².